The van der Waals surface area contributed by atoms with Crippen molar-refractivity contribution in [3.05, 3.63) is 59.4 Å². The summed E-state index contributed by atoms with van der Waals surface area (Å²) in [5.41, 5.74) is 3.56. The molecule has 0 spiro atoms. The van der Waals surface area contributed by atoms with Gasteiger partial charge in [0.05, 0.1) is 6.04 Å². The number of aromatic nitrogens is 1. The second kappa shape index (κ2) is 9.58. The lowest BCUT2D eigenvalue weighted by Gasteiger charge is -2.38. The Bertz CT molecular complexity index is 895. The molecule has 2 heterocycles. The molecule has 0 bridgehead atoms. The van der Waals surface area contributed by atoms with E-state index in [0.29, 0.717) is 19.6 Å². The number of fused-ring (bicyclic) bond motifs is 1. The van der Waals surface area contributed by atoms with E-state index in [1.807, 2.05) is 24.8 Å². The van der Waals surface area contributed by atoms with Gasteiger partial charge < -0.3 is 19.7 Å². The number of benzene rings is 1. The lowest BCUT2D eigenvalue weighted by molar-refractivity contribution is -0.134. The summed E-state index contributed by atoms with van der Waals surface area (Å²) in [6, 6.07) is 12.4. The Hall–Kier alpha value is -2.76. The Balaban J connectivity index is 1.89. The van der Waals surface area contributed by atoms with Crippen LogP contribution in [0.3, 0.4) is 0 Å². The molecule has 3 rings (SSSR count). The van der Waals surface area contributed by atoms with E-state index in [2.05, 4.69) is 67.2 Å². The fraction of sp³-hybridized carbons (Fsp3) is 0.520. The Labute approximate surface area is 186 Å². The molecule has 1 unspecified atom stereocenters. The number of urea groups is 1. The maximum absolute atomic E-state index is 13.4. The normalized spacial score (nSPS) is 16.0. The summed E-state index contributed by atoms with van der Waals surface area (Å²) < 4.78 is 2.22. The molecule has 2 aromatic rings. The first kappa shape index (κ1) is 22.9. The fourth-order valence-corrected chi connectivity index (χ4v) is 4.21. The SMILES string of the molecule is CCCN(CC(=O)N1CCn2cccc2C1c1ccc(C(C)(C)C)cc1)C(=O)NCC. The van der Waals surface area contributed by atoms with Crippen LogP contribution in [0.5, 0.6) is 0 Å². The van der Waals surface area contributed by atoms with E-state index in [9.17, 15) is 9.59 Å². The molecule has 1 aromatic heterocycles. The molecular weight excluding hydrogens is 388 g/mol. The lowest BCUT2D eigenvalue weighted by Crippen LogP contribution is -2.50. The molecule has 0 fully saturated rings. The van der Waals surface area contributed by atoms with E-state index in [-0.39, 0.29) is 29.9 Å². The molecule has 1 aliphatic heterocycles. The van der Waals surface area contributed by atoms with Crippen molar-refractivity contribution in [3.63, 3.8) is 0 Å². The summed E-state index contributed by atoms with van der Waals surface area (Å²) in [6.07, 6.45) is 2.89. The van der Waals surface area contributed by atoms with Gasteiger partial charge in [-0.2, -0.15) is 0 Å². The molecule has 0 radical (unpaired) electrons. The minimum absolute atomic E-state index is 0.0166. The molecule has 0 saturated carbocycles. The number of nitrogens with zero attached hydrogens (tertiary/aromatic N) is 3. The van der Waals surface area contributed by atoms with E-state index in [1.54, 1.807) is 4.90 Å². The number of rotatable bonds is 6. The molecule has 0 aliphatic carbocycles. The Kier molecular flexibility index (Phi) is 7.08. The highest BCUT2D eigenvalue weighted by Crippen LogP contribution is 2.34. The Morgan fingerprint density at radius 2 is 1.81 bits per heavy atom. The molecule has 1 N–H and O–H groups in total. The molecule has 1 aliphatic rings. The maximum Gasteiger partial charge on any atom is 0.317 e. The third-order valence-electron chi connectivity index (χ3n) is 5.89. The van der Waals surface area contributed by atoms with Gasteiger partial charge in [-0.05, 0) is 42.0 Å². The first-order valence-corrected chi connectivity index (χ1v) is 11.3. The Morgan fingerprint density at radius 1 is 1.10 bits per heavy atom. The van der Waals surface area contributed by atoms with Crippen molar-refractivity contribution in [1.29, 1.82) is 0 Å². The van der Waals surface area contributed by atoms with Crippen LogP contribution in [0.15, 0.2) is 42.6 Å². The van der Waals surface area contributed by atoms with Crippen molar-refractivity contribution >= 4 is 11.9 Å². The van der Waals surface area contributed by atoms with Gasteiger partial charge in [0.2, 0.25) is 5.91 Å². The van der Waals surface area contributed by atoms with Crippen molar-refractivity contribution in [1.82, 2.24) is 19.7 Å². The number of hydrogen-bond donors (Lipinski definition) is 1. The zero-order valence-electron chi connectivity index (χ0n) is 19.5. The highest BCUT2D eigenvalue weighted by Gasteiger charge is 2.33. The number of carbonyl (C=O) groups is 2. The van der Waals surface area contributed by atoms with Gasteiger partial charge in [0.25, 0.3) is 0 Å². The third-order valence-corrected chi connectivity index (χ3v) is 5.89. The van der Waals surface area contributed by atoms with Gasteiger partial charge in [-0.1, -0.05) is 52.0 Å². The third kappa shape index (κ3) is 5.12. The maximum atomic E-state index is 13.4. The molecule has 3 amide bonds. The van der Waals surface area contributed by atoms with Crippen LogP contribution in [0.25, 0.3) is 0 Å². The highest BCUT2D eigenvalue weighted by atomic mass is 16.2. The van der Waals surface area contributed by atoms with Crippen LogP contribution in [-0.4, -0.2) is 52.5 Å². The van der Waals surface area contributed by atoms with Crippen molar-refractivity contribution in [2.24, 2.45) is 0 Å². The largest absolute Gasteiger partial charge is 0.348 e. The van der Waals surface area contributed by atoms with Crippen LogP contribution in [-0.2, 0) is 16.8 Å². The van der Waals surface area contributed by atoms with Gasteiger partial charge in [0.1, 0.15) is 6.54 Å². The molecule has 168 valence electrons. The van der Waals surface area contributed by atoms with Crippen molar-refractivity contribution < 1.29 is 9.59 Å². The zero-order chi connectivity index (χ0) is 22.6. The second-order valence-corrected chi connectivity index (χ2v) is 9.25. The minimum atomic E-state index is -0.177. The zero-order valence-corrected chi connectivity index (χ0v) is 19.5. The summed E-state index contributed by atoms with van der Waals surface area (Å²) >= 11 is 0. The topological polar surface area (TPSA) is 57.6 Å². The van der Waals surface area contributed by atoms with Crippen molar-refractivity contribution in [2.75, 3.05) is 26.2 Å². The van der Waals surface area contributed by atoms with Gasteiger partial charge in [-0.15, -0.1) is 0 Å². The first-order valence-electron chi connectivity index (χ1n) is 11.3. The van der Waals surface area contributed by atoms with E-state index >= 15 is 0 Å². The van der Waals surface area contributed by atoms with E-state index < -0.39 is 0 Å². The summed E-state index contributed by atoms with van der Waals surface area (Å²) in [6.45, 7) is 13.1. The average molecular weight is 425 g/mol. The Morgan fingerprint density at radius 3 is 2.42 bits per heavy atom. The van der Waals surface area contributed by atoms with Crippen LogP contribution >= 0.6 is 0 Å². The lowest BCUT2D eigenvalue weighted by atomic mass is 9.86. The van der Waals surface area contributed by atoms with Crippen LogP contribution in [0, 0.1) is 0 Å². The predicted molar refractivity (Wildman–Crippen MR) is 124 cm³/mol. The summed E-state index contributed by atoms with van der Waals surface area (Å²) in [5, 5.41) is 2.83. The second-order valence-electron chi connectivity index (χ2n) is 9.25. The average Bonchev–Trinajstić information content (AvgIpc) is 3.21. The number of nitrogens with one attached hydrogen (secondary N) is 1. The number of hydrogen-bond acceptors (Lipinski definition) is 2. The van der Waals surface area contributed by atoms with E-state index in [0.717, 1.165) is 24.2 Å². The molecule has 0 saturated heterocycles. The van der Waals surface area contributed by atoms with Gasteiger partial charge >= 0.3 is 6.03 Å². The molecule has 6 nitrogen and oxygen atoms in total. The van der Waals surface area contributed by atoms with Crippen LogP contribution in [0.1, 0.15) is 63.9 Å². The van der Waals surface area contributed by atoms with Gasteiger partial charge in [0, 0.05) is 38.1 Å². The monoisotopic (exact) mass is 424 g/mol. The smallest absolute Gasteiger partial charge is 0.317 e. The summed E-state index contributed by atoms with van der Waals surface area (Å²) in [4.78, 5) is 29.4. The van der Waals surface area contributed by atoms with Gasteiger partial charge in [0.15, 0.2) is 0 Å². The molecule has 31 heavy (non-hydrogen) atoms. The van der Waals surface area contributed by atoms with E-state index in [4.69, 9.17) is 0 Å². The first-order chi connectivity index (χ1) is 14.8. The minimum Gasteiger partial charge on any atom is -0.348 e. The summed E-state index contributed by atoms with van der Waals surface area (Å²) in [5.74, 6) is -0.0166. The number of amides is 3. The van der Waals surface area contributed by atoms with Crippen LogP contribution in [0.2, 0.25) is 0 Å². The van der Waals surface area contributed by atoms with Gasteiger partial charge in [-0.25, -0.2) is 4.79 Å². The quantitative estimate of drug-likeness (QED) is 0.757. The van der Waals surface area contributed by atoms with Crippen LogP contribution < -0.4 is 5.32 Å². The van der Waals surface area contributed by atoms with Crippen molar-refractivity contribution in [2.45, 2.75) is 59.0 Å². The predicted octanol–water partition coefficient (Wildman–Crippen LogP) is 4.16. The summed E-state index contributed by atoms with van der Waals surface area (Å²) in [7, 11) is 0. The molecule has 1 aromatic carbocycles. The molecular formula is C25H36N4O2. The van der Waals surface area contributed by atoms with Crippen LogP contribution in [0.4, 0.5) is 4.79 Å². The van der Waals surface area contributed by atoms with Crippen molar-refractivity contribution in [3.8, 4) is 0 Å². The highest BCUT2D eigenvalue weighted by molar-refractivity contribution is 5.84. The molecule has 6 heteroatoms. The molecule has 1 atom stereocenters. The van der Waals surface area contributed by atoms with E-state index in [1.165, 1.54) is 5.56 Å². The number of carbonyl (C=O) groups excluding carboxylic acids is 2. The fourth-order valence-electron chi connectivity index (χ4n) is 4.21. The van der Waals surface area contributed by atoms with Gasteiger partial charge in [-0.3, -0.25) is 4.79 Å². The standard InChI is InChI=1S/C25H36N4O2/c1-6-14-28(24(31)26-7-2)18-22(30)29-17-16-27-15-8-9-21(27)23(29)19-10-12-20(13-11-19)25(3,4)5/h8-13,15,23H,6-7,14,16-18H2,1-5H3,(H,26,31).